The number of hydrogen-bond acceptors (Lipinski definition) is 4. The van der Waals surface area contributed by atoms with Crippen LogP contribution in [0.25, 0.3) is 0 Å². The van der Waals surface area contributed by atoms with Crippen molar-refractivity contribution in [2.45, 2.75) is 38.6 Å². The van der Waals surface area contributed by atoms with Crippen LogP contribution in [-0.2, 0) is 4.74 Å². The monoisotopic (exact) mass is 285 g/mol. The van der Waals surface area contributed by atoms with E-state index in [1.165, 1.54) is 0 Å². The molecule has 1 fully saturated rings. The van der Waals surface area contributed by atoms with Gasteiger partial charge in [0.15, 0.2) is 5.69 Å². The number of ether oxygens (including phenoxy) is 1. The van der Waals surface area contributed by atoms with Crippen LogP contribution in [0.3, 0.4) is 0 Å². The molecule has 1 atom stereocenters. The largest absolute Gasteiger partial charge is 0.461 e. The second-order valence-electron chi connectivity index (χ2n) is 5.35. The lowest BCUT2D eigenvalue weighted by Gasteiger charge is -2.15. The van der Waals surface area contributed by atoms with E-state index in [0.717, 1.165) is 24.1 Å². The quantitative estimate of drug-likeness (QED) is 0.793. The molecule has 0 aliphatic heterocycles. The first-order valence-electron chi connectivity index (χ1n) is 7.39. The Hall–Kier alpha value is -2.17. The molecule has 21 heavy (non-hydrogen) atoms. The van der Waals surface area contributed by atoms with Crippen molar-refractivity contribution < 1.29 is 9.53 Å². The first-order chi connectivity index (χ1) is 10.2. The number of carbonyl (C=O) groups excluding carboxylic acids is 1. The molecule has 1 heterocycles. The third-order valence-electron chi connectivity index (χ3n) is 3.81. The highest BCUT2D eigenvalue weighted by Crippen LogP contribution is 2.42. The smallest absolute Gasteiger partial charge is 0.360 e. The summed E-state index contributed by atoms with van der Waals surface area (Å²) in [6.45, 7) is 4.22. The van der Waals surface area contributed by atoms with Gasteiger partial charge in [0.1, 0.15) is 0 Å². The van der Waals surface area contributed by atoms with E-state index in [4.69, 9.17) is 4.74 Å². The Morgan fingerprint density at radius 2 is 2.10 bits per heavy atom. The van der Waals surface area contributed by atoms with E-state index in [1.54, 1.807) is 6.92 Å². The van der Waals surface area contributed by atoms with Crippen LogP contribution in [-0.4, -0.2) is 27.6 Å². The summed E-state index contributed by atoms with van der Waals surface area (Å²) < 4.78 is 6.96. The van der Waals surface area contributed by atoms with Gasteiger partial charge in [0.05, 0.1) is 18.3 Å². The van der Waals surface area contributed by atoms with Crippen LogP contribution in [0.2, 0.25) is 0 Å². The van der Waals surface area contributed by atoms with Gasteiger partial charge in [-0.05, 0) is 32.3 Å². The molecule has 3 rings (SSSR count). The molecule has 1 aliphatic carbocycles. The molecule has 0 saturated heterocycles. The molecule has 5 nitrogen and oxygen atoms in total. The van der Waals surface area contributed by atoms with E-state index in [-0.39, 0.29) is 12.0 Å². The molecule has 1 aromatic carbocycles. The number of carbonyl (C=O) groups is 1. The van der Waals surface area contributed by atoms with Crippen molar-refractivity contribution in [1.29, 1.82) is 0 Å². The molecule has 1 aliphatic rings. The molecule has 1 saturated carbocycles. The summed E-state index contributed by atoms with van der Waals surface area (Å²) in [5.41, 5.74) is 2.45. The SMILES string of the molecule is CCOC(=O)c1nnn(C(C)c2ccccc2)c1C1CC1. The van der Waals surface area contributed by atoms with E-state index < -0.39 is 0 Å². The van der Waals surface area contributed by atoms with Crippen molar-refractivity contribution in [3.05, 3.63) is 47.3 Å². The molecular formula is C16H19N3O2. The Labute approximate surface area is 123 Å². The maximum Gasteiger partial charge on any atom is 0.360 e. The second-order valence-corrected chi connectivity index (χ2v) is 5.35. The Kier molecular flexibility index (Phi) is 3.73. The summed E-state index contributed by atoms with van der Waals surface area (Å²) in [5, 5.41) is 8.30. The third-order valence-corrected chi connectivity index (χ3v) is 3.81. The fourth-order valence-corrected chi connectivity index (χ4v) is 2.54. The van der Waals surface area contributed by atoms with Crippen LogP contribution < -0.4 is 0 Å². The van der Waals surface area contributed by atoms with Crippen molar-refractivity contribution in [3.8, 4) is 0 Å². The van der Waals surface area contributed by atoms with Crippen LogP contribution in [0.15, 0.2) is 30.3 Å². The summed E-state index contributed by atoms with van der Waals surface area (Å²) in [5.74, 6) is 0.0106. The van der Waals surface area contributed by atoms with Crippen LogP contribution in [0.4, 0.5) is 0 Å². The number of benzene rings is 1. The van der Waals surface area contributed by atoms with E-state index in [9.17, 15) is 4.79 Å². The molecule has 1 unspecified atom stereocenters. The lowest BCUT2D eigenvalue weighted by molar-refractivity contribution is 0.0518. The van der Waals surface area contributed by atoms with Crippen molar-refractivity contribution >= 4 is 5.97 Å². The minimum atomic E-state index is -0.370. The first-order valence-corrected chi connectivity index (χ1v) is 7.39. The maximum absolute atomic E-state index is 12.0. The topological polar surface area (TPSA) is 57.0 Å². The molecule has 0 spiro atoms. The zero-order valence-corrected chi connectivity index (χ0v) is 12.3. The normalized spacial score (nSPS) is 15.7. The van der Waals surface area contributed by atoms with E-state index >= 15 is 0 Å². The summed E-state index contributed by atoms with van der Waals surface area (Å²) in [4.78, 5) is 12.0. The van der Waals surface area contributed by atoms with Crippen LogP contribution in [0.5, 0.6) is 0 Å². The fourth-order valence-electron chi connectivity index (χ4n) is 2.54. The van der Waals surface area contributed by atoms with Gasteiger partial charge in [0.25, 0.3) is 0 Å². The zero-order chi connectivity index (χ0) is 14.8. The number of rotatable bonds is 5. The van der Waals surface area contributed by atoms with Crippen molar-refractivity contribution in [2.75, 3.05) is 6.61 Å². The number of esters is 1. The molecule has 0 bridgehead atoms. The Bertz CT molecular complexity index is 632. The highest BCUT2D eigenvalue weighted by molar-refractivity contribution is 5.88. The van der Waals surface area contributed by atoms with Gasteiger partial charge in [-0.2, -0.15) is 0 Å². The Balaban J connectivity index is 1.97. The standard InChI is InChI=1S/C16H19N3O2/c1-3-21-16(20)14-15(13-9-10-13)19(18-17-14)11(2)12-7-5-4-6-8-12/h4-8,11,13H,3,9-10H2,1-2H3. The minimum absolute atomic E-state index is 0.0532. The van der Waals surface area contributed by atoms with E-state index in [2.05, 4.69) is 29.4 Å². The van der Waals surface area contributed by atoms with Crippen molar-refractivity contribution in [2.24, 2.45) is 0 Å². The summed E-state index contributed by atoms with van der Waals surface area (Å²) in [6.07, 6.45) is 2.17. The van der Waals surface area contributed by atoms with Gasteiger partial charge in [-0.1, -0.05) is 35.5 Å². The molecule has 110 valence electrons. The van der Waals surface area contributed by atoms with E-state index in [0.29, 0.717) is 18.2 Å². The maximum atomic E-state index is 12.0. The van der Waals surface area contributed by atoms with Crippen LogP contribution >= 0.6 is 0 Å². The van der Waals surface area contributed by atoms with Crippen molar-refractivity contribution in [1.82, 2.24) is 15.0 Å². The molecule has 0 amide bonds. The number of nitrogens with zero attached hydrogens (tertiary/aromatic N) is 3. The van der Waals surface area contributed by atoms with Gasteiger partial charge in [-0.15, -0.1) is 5.10 Å². The van der Waals surface area contributed by atoms with Gasteiger partial charge < -0.3 is 4.74 Å². The minimum Gasteiger partial charge on any atom is -0.461 e. The van der Waals surface area contributed by atoms with Crippen LogP contribution in [0.1, 0.15) is 60.4 Å². The number of aromatic nitrogens is 3. The van der Waals surface area contributed by atoms with Gasteiger partial charge in [0, 0.05) is 5.92 Å². The van der Waals surface area contributed by atoms with Gasteiger partial charge in [-0.3, -0.25) is 0 Å². The highest BCUT2D eigenvalue weighted by atomic mass is 16.5. The summed E-state index contributed by atoms with van der Waals surface area (Å²) >= 11 is 0. The Morgan fingerprint density at radius 1 is 1.38 bits per heavy atom. The molecular weight excluding hydrogens is 266 g/mol. The lowest BCUT2D eigenvalue weighted by atomic mass is 10.1. The highest BCUT2D eigenvalue weighted by Gasteiger charge is 2.35. The Morgan fingerprint density at radius 3 is 2.71 bits per heavy atom. The first kappa shape index (κ1) is 13.8. The van der Waals surface area contributed by atoms with Gasteiger partial charge in [-0.25, -0.2) is 9.48 Å². The molecule has 1 aromatic heterocycles. The third kappa shape index (κ3) is 2.68. The zero-order valence-electron chi connectivity index (χ0n) is 12.3. The molecule has 5 heteroatoms. The average Bonchev–Trinajstić information content (AvgIpc) is 3.26. The van der Waals surface area contributed by atoms with Crippen molar-refractivity contribution in [3.63, 3.8) is 0 Å². The second kappa shape index (κ2) is 5.68. The fraction of sp³-hybridized carbons (Fsp3) is 0.438. The molecule has 0 N–H and O–H groups in total. The lowest BCUT2D eigenvalue weighted by Crippen LogP contribution is -2.14. The molecule has 0 radical (unpaired) electrons. The molecule has 2 aromatic rings. The number of hydrogen-bond donors (Lipinski definition) is 0. The summed E-state index contributed by atoms with van der Waals surface area (Å²) in [7, 11) is 0. The van der Waals surface area contributed by atoms with E-state index in [1.807, 2.05) is 22.9 Å². The average molecular weight is 285 g/mol. The summed E-state index contributed by atoms with van der Waals surface area (Å²) in [6, 6.07) is 10.2. The predicted octanol–water partition coefficient (Wildman–Crippen LogP) is 2.94. The van der Waals surface area contributed by atoms with Gasteiger partial charge in [0.2, 0.25) is 0 Å². The van der Waals surface area contributed by atoms with Gasteiger partial charge >= 0.3 is 5.97 Å². The predicted molar refractivity (Wildman–Crippen MR) is 78.2 cm³/mol. The van der Waals surface area contributed by atoms with Crippen LogP contribution in [0, 0.1) is 0 Å².